The zero-order valence-electron chi connectivity index (χ0n) is 30.4. The maximum Gasteiger partial charge on any atom is 0.409 e. The number of ether oxygens (including phenoxy) is 1. The summed E-state index contributed by atoms with van der Waals surface area (Å²) in [4.78, 5) is 86.1. The number of hydrogen-bond donors (Lipinski definition) is 2. The Balaban J connectivity index is 3.52. The van der Waals surface area contributed by atoms with Gasteiger partial charge < -0.3 is 35.0 Å². The van der Waals surface area contributed by atoms with Crippen LogP contribution in [0.5, 0.6) is 0 Å². The molecule has 0 saturated carbocycles. The fourth-order valence-electron chi connectivity index (χ4n) is 5.89. The summed E-state index contributed by atoms with van der Waals surface area (Å²) in [7, 11) is 7.68. The molecule has 0 aromatic rings. The first-order chi connectivity index (χ1) is 21.3. The molecule has 13 nitrogen and oxygen atoms in total. The molecule has 1 fully saturated rings. The second-order valence-corrected chi connectivity index (χ2v) is 13.9. The summed E-state index contributed by atoms with van der Waals surface area (Å²) in [5, 5.41) is 5.26. The summed E-state index contributed by atoms with van der Waals surface area (Å²) in [6.45, 7) is 15.5. The molecule has 1 heterocycles. The summed E-state index contributed by atoms with van der Waals surface area (Å²) in [5.74, 6) is -2.37. The van der Waals surface area contributed by atoms with Crippen LogP contribution in [0, 0.1) is 23.7 Å². The van der Waals surface area contributed by atoms with Crippen molar-refractivity contribution in [2.45, 2.75) is 111 Å². The van der Waals surface area contributed by atoms with Crippen LogP contribution in [0.25, 0.3) is 0 Å². The average molecular weight is 653 g/mol. The first-order valence-corrected chi connectivity index (χ1v) is 16.5. The smallest absolute Gasteiger partial charge is 0.409 e. The van der Waals surface area contributed by atoms with Gasteiger partial charge in [-0.1, -0.05) is 55.4 Å². The topological polar surface area (TPSA) is 149 Å². The molecule has 0 radical (unpaired) electrons. The van der Waals surface area contributed by atoms with Crippen molar-refractivity contribution in [1.29, 1.82) is 0 Å². The average Bonchev–Trinajstić information content (AvgIpc) is 2.98. The van der Waals surface area contributed by atoms with Crippen molar-refractivity contribution in [2.75, 3.05) is 41.8 Å². The van der Waals surface area contributed by atoms with Gasteiger partial charge in [-0.3, -0.25) is 24.0 Å². The minimum atomic E-state index is -1.28. The lowest BCUT2D eigenvalue weighted by Gasteiger charge is -2.43. The fraction of sp³-hybridized carbons (Fsp3) is 0.818. The number of likely N-dealkylation sites (N-methyl/N-ethyl adjacent to an activating group) is 4. The second kappa shape index (κ2) is 18.1. The largest absolute Gasteiger partial charge is 0.443 e. The van der Waals surface area contributed by atoms with Crippen LogP contribution < -0.4 is 10.6 Å². The van der Waals surface area contributed by atoms with E-state index in [0.717, 1.165) is 0 Å². The molecule has 0 spiro atoms. The minimum absolute atomic E-state index is 0.0964. The van der Waals surface area contributed by atoms with E-state index in [9.17, 15) is 28.8 Å². The van der Waals surface area contributed by atoms with Crippen molar-refractivity contribution in [3.63, 3.8) is 0 Å². The molecule has 6 atom stereocenters. The molecule has 0 aromatic heterocycles. The van der Waals surface area contributed by atoms with Crippen molar-refractivity contribution in [3.8, 4) is 0 Å². The van der Waals surface area contributed by atoms with Crippen molar-refractivity contribution < 1.29 is 33.5 Å². The predicted octanol–water partition coefficient (Wildman–Crippen LogP) is 2.33. The van der Waals surface area contributed by atoms with Gasteiger partial charge in [0.15, 0.2) is 0 Å². The van der Waals surface area contributed by atoms with E-state index in [2.05, 4.69) is 10.6 Å². The van der Waals surface area contributed by atoms with Crippen molar-refractivity contribution in [3.05, 3.63) is 0 Å². The molecular formula is C33H60N6O7. The van der Waals surface area contributed by atoms with E-state index >= 15 is 0 Å². The Morgan fingerprint density at radius 1 is 0.913 bits per heavy atom. The van der Waals surface area contributed by atoms with Gasteiger partial charge in [-0.25, -0.2) is 4.79 Å². The van der Waals surface area contributed by atoms with Gasteiger partial charge in [0.1, 0.15) is 30.3 Å². The highest BCUT2D eigenvalue weighted by Gasteiger charge is 2.47. The maximum absolute atomic E-state index is 14.4. The third-order valence-electron chi connectivity index (χ3n) is 8.73. The molecule has 0 aliphatic carbocycles. The van der Waals surface area contributed by atoms with Crippen LogP contribution in [0.2, 0.25) is 0 Å². The van der Waals surface area contributed by atoms with Crippen molar-refractivity contribution in [2.24, 2.45) is 23.7 Å². The van der Waals surface area contributed by atoms with Crippen LogP contribution in [-0.4, -0.2) is 127 Å². The molecule has 2 N–H and O–H groups in total. The van der Waals surface area contributed by atoms with E-state index < -0.39 is 54.1 Å². The Morgan fingerprint density at radius 3 is 1.98 bits per heavy atom. The maximum atomic E-state index is 14.4. The third-order valence-corrected chi connectivity index (χ3v) is 8.73. The SMILES string of the molecule is CC[C@H](NC(=O)[C@H]([C@@H]1OC(=O)N(C)C[C@H]1C)N(C)C(=O)[C@H](C(C)C)N(C)C(=O)[C@H](CC(C)C)N(C)C(=O)CCC(C)C)C(=O)NC. The fourth-order valence-corrected chi connectivity index (χ4v) is 5.89. The Labute approximate surface area is 276 Å². The van der Waals surface area contributed by atoms with Gasteiger partial charge in [0.25, 0.3) is 0 Å². The van der Waals surface area contributed by atoms with E-state index in [4.69, 9.17) is 4.74 Å². The second-order valence-electron chi connectivity index (χ2n) is 13.9. The van der Waals surface area contributed by atoms with Gasteiger partial charge in [-0.2, -0.15) is 0 Å². The Morgan fingerprint density at radius 2 is 1.50 bits per heavy atom. The molecule has 0 unspecified atom stereocenters. The van der Waals surface area contributed by atoms with Crippen LogP contribution in [-0.2, 0) is 28.7 Å². The van der Waals surface area contributed by atoms with Crippen LogP contribution in [0.15, 0.2) is 0 Å². The molecule has 0 aromatic carbocycles. The number of cyclic esters (lactones) is 1. The quantitative estimate of drug-likeness (QED) is 0.260. The number of carbonyl (C=O) groups excluding carboxylic acids is 6. The van der Waals surface area contributed by atoms with E-state index in [0.29, 0.717) is 38.1 Å². The molecule has 46 heavy (non-hydrogen) atoms. The molecule has 1 rings (SSSR count). The van der Waals surface area contributed by atoms with Gasteiger partial charge in [0, 0.05) is 54.1 Å². The van der Waals surface area contributed by atoms with Gasteiger partial charge in [0.2, 0.25) is 29.5 Å². The molecule has 13 heteroatoms. The number of rotatable bonds is 16. The molecule has 264 valence electrons. The van der Waals surface area contributed by atoms with Gasteiger partial charge in [-0.05, 0) is 37.0 Å². The zero-order valence-corrected chi connectivity index (χ0v) is 30.4. The number of amides is 6. The summed E-state index contributed by atoms with van der Waals surface area (Å²) < 4.78 is 5.70. The van der Waals surface area contributed by atoms with Crippen LogP contribution in [0.3, 0.4) is 0 Å². The van der Waals surface area contributed by atoms with Crippen molar-refractivity contribution >= 4 is 35.6 Å². The Hall–Kier alpha value is -3.38. The summed E-state index contributed by atoms with van der Waals surface area (Å²) >= 11 is 0. The number of carbonyl (C=O) groups is 6. The van der Waals surface area contributed by atoms with E-state index in [1.54, 1.807) is 41.9 Å². The van der Waals surface area contributed by atoms with Crippen molar-refractivity contribution in [1.82, 2.24) is 30.2 Å². The van der Waals surface area contributed by atoms with Gasteiger partial charge >= 0.3 is 6.09 Å². The van der Waals surface area contributed by atoms with Crippen LogP contribution in [0.4, 0.5) is 4.79 Å². The van der Waals surface area contributed by atoms with E-state index in [1.807, 2.05) is 34.6 Å². The standard InChI is InChI=1S/C33H60N6O7/c1-14-23(29(41)34-9)35-30(42)27(28-22(8)18-36(10)33(45)46-28)39(13)32(44)26(21(6)7)38(12)31(43)24(17-20(4)5)37(11)25(40)16-15-19(2)3/h19-24,26-28H,14-18H2,1-13H3,(H,34,41)(H,35,42)/t22-,23+,24+,26+,27+,28-/m1/s1. The number of nitrogens with zero attached hydrogens (tertiary/aromatic N) is 4. The molecule has 1 saturated heterocycles. The Bertz CT molecular complexity index is 1080. The molecular weight excluding hydrogens is 592 g/mol. The van der Waals surface area contributed by atoms with E-state index in [-0.39, 0.29) is 29.6 Å². The highest BCUT2D eigenvalue weighted by molar-refractivity contribution is 5.96. The Kier molecular flexibility index (Phi) is 16.0. The van der Waals surface area contributed by atoms with Crippen LogP contribution >= 0.6 is 0 Å². The lowest BCUT2D eigenvalue weighted by atomic mass is 9.92. The lowest BCUT2D eigenvalue weighted by Crippen LogP contribution is -2.65. The highest BCUT2D eigenvalue weighted by atomic mass is 16.6. The molecule has 6 amide bonds. The zero-order chi connectivity index (χ0) is 35.6. The predicted molar refractivity (Wildman–Crippen MR) is 176 cm³/mol. The molecule has 1 aliphatic rings. The van der Waals surface area contributed by atoms with Gasteiger partial charge in [0.05, 0.1) is 0 Å². The van der Waals surface area contributed by atoms with Gasteiger partial charge in [-0.15, -0.1) is 0 Å². The third kappa shape index (κ3) is 10.6. The highest BCUT2D eigenvalue weighted by Crippen LogP contribution is 2.26. The summed E-state index contributed by atoms with van der Waals surface area (Å²) in [5.41, 5.74) is 0. The number of hydrogen-bond acceptors (Lipinski definition) is 7. The monoisotopic (exact) mass is 652 g/mol. The molecule has 0 bridgehead atoms. The number of nitrogens with one attached hydrogen (secondary N) is 2. The van der Waals surface area contributed by atoms with E-state index in [1.165, 1.54) is 33.7 Å². The first-order valence-electron chi connectivity index (χ1n) is 16.5. The van der Waals surface area contributed by atoms with Crippen LogP contribution in [0.1, 0.15) is 81.1 Å². The normalized spacial score (nSPS) is 19.2. The first kappa shape index (κ1) is 40.6. The lowest BCUT2D eigenvalue weighted by molar-refractivity contribution is -0.157. The summed E-state index contributed by atoms with van der Waals surface area (Å²) in [6.07, 6.45) is 0.0796. The summed E-state index contributed by atoms with van der Waals surface area (Å²) in [6, 6.07) is -3.93. The minimum Gasteiger partial charge on any atom is -0.443 e. The molecule has 1 aliphatic heterocycles.